The van der Waals surface area contributed by atoms with Gasteiger partial charge in [0.1, 0.15) is 5.69 Å². The van der Waals surface area contributed by atoms with Crippen LogP contribution in [0.3, 0.4) is 0 Å². The molecule has 20 heavy (non-hydrogen) atoms. The molecule has 0 spiro atoms. The predicted octanol–water partition coefficient (Wildman–Crippen LogP) is 1.29. The first-order valence-electron chi connectivity index (χ1n) is 6.23. The lowest BCUT2D eigenvalue weighted by molar-refractivity contribution is -0.384. The van der Waals surface area contributed by atoms with Gasteiger partial charge in [0.2, 0.25) is 0 Å². The maximum Gasteiger partial charge on any atom is 0.293 e. The quantitative estimate of drug-likeness (QED) is 0.625. The standard InChI is InChI=1S/C12H17N3O4S/c1-20(18,19)9-3-4-10(11(7-9)15(16)17)14-8-12(13)5-2-6-12/h3-4,7,14H,2,5-6,8,13H2,1H3. The largest absolute Gasteiger partial charge is 0.378 e. The number of hydrogen-bond donors (Lipinski definition) is 2. The molecule has 0 aromatic heterocycles. The molecule has 0 atom stereocenters. The number of nitrogens with one attached hydrogen (secondary N) is 1. The minimum atomic E-state index is -3.47. The zero-order chi connectivity index (χ0) is 15.0. The van der Waals surface area contributed by atoms with Gasteiger partial charge in [-0.25, -0.2) is 8.42 Å². The maximum atomic E-state index is 11.4. The van der Waals surface area contributed by atoms with Crippen LogP contribution >= 0.6 is 0 Å². The highest BCUT2D eigenvalue weighted by Crippen LogP contribution is 2.32. The van der Waals surface area contributed by atoms with Gasteiger partial charge in [-0.05, 0) is 31.4 Å². The van der Waals surface area contributed by atoms with Gasteiger partial charge in [0.05, 0.1) is 9.82 Å². The second-order valence-electron chi connectivity index (χ2n) is 5.28. The average Bonchev–Trinajstić information content (AvgIpc) is 2.32. The molecule has 1 aliphatic rings. The van der Waals surface area contributed by atoms with E-state index in [1.807, 2.05) is 0 Å². The average molecular weight is 299 g/mol. The minimum Gasteiger partial charge on any atom is -0.378 e. The van der Waals surface area contributed by atoms with Crippen LogP contribution in [0.2, 0.25) is 0 Å². The summed E-state index contributed by atoms with van der Waals surface area (Å²) in [5, 5.41) is 14.0. The van der Waals surface area contributed by atoms with Crippen LogP contribution in [0, 0.1) is 10.1 Å². The van der Waals surface area contributed by atoms with Crippen molar-refractivity contribution < 1.29 is 13.3 Å². The fourth-order valence-electron chi connectivity index (χ4n) is 2.12. The van der Waals surface area contributed by atoms with Gasteiger partial charge in [-0.15, -0.1) is 0 Å². The Hall–Kier alpha value is -1.67. The van der Waals surface area contributed by atoms with Crippen LogP contribution in [-0.2, 0) is 9.84 Å². The van der Waals surface area contributed by atoms with Gasteiger partial charge < -0.3 is 11.1 Å². The highest BCUT2D eigenvalue weighted by atomic mass is 32.2. The highest BCUT2D eigenvalue weighted by molar-refractivity contribution is 7.90. The van der Waals surface area contributed by atoms with Crippen LogP contribution in [0.5, 0.6) is 0 Å². The molecule has 1 aromatic rings. The smallest absolute Gasteiger partial charge is 0.293 e. The van der Waals surface area contributed by atoms with Crippen LogP contribution < -0.4 is 11.1 Å². The fourth-order valence-corrected chi connectivity index (χ4v) is 2.76. The molecule has 110 valence electrons. The Morgan fingerprint density at radius 1 is 1.45 bits per heavy atom. The van der Waals surface area contributed by atoms with Crippen molar-refractivity contribution in [1.29, 1.82) is 0 Å². The van der Waals surface area contributed by atoms with Gasteiger partial charge in [-0.2, -0.15) is 0 Å². The van der Waals surface area contributed by atoms with Crippen molar-refractivity contribution in [3.63, 3.8) is 0 Å². The van der Waals surface area contributed by atoms with Crippen molar-refractivity contribution in [2.75, 3.05) is 18.1 Å². The zero-order valence-corrected chi connectivity index (χ0v) is 11.9. The number of anilines is 1. The molecule has 0 heterocycles. The number of sulfone groups is 1. The summed E-state index contributed by atoms with van der Waals surface area (Å²) in [4.78, 5) is 10.4. The van der Waals surface area contributed by atoms with Crippen molar-refractivity contribution in [2.24, 2.45) is 5.73 Å². The number of nitrogens with two attached hydrogens (primary N) is 1. The third kappa shape index (κ3) is 3.07. The molecule has 1 aromatic carbocycles. The monoisotopic (exact) mass is 299 g/mol. The number of benzene rings is 1. The Balaban J connectivity index is 2.26. The third-order valence-corrected chi connectivity index (χ3v) is 4.68. The lowest BCUT2D eigenvalue weighted by Crippen LogP contribution is -2.52. The van der Waals surface area contributed by atoms with Crippen LogP contribution in [0.1, 0.15) is 19.3 Å². The van der Waals surface area contributed by atoms with Crippen molar-refractivity contribution in [1.82, 2.24) is 0 Å². The number of nitrogens with zero attached hydrogens (tertiary/aromatic N) is 1. The van der Waals surface area contributed by atoms with E-state index in [0.717, 1.165) is 31.6 Å². The van der Waals surface area contributed by atoms with E-state index in [-0.39, 0.29) is 16.1 Å². The summed E-state index contributed by atoms with van der Waals surface area (Å²) in [7, 11) is -3.47. The molecule has 3 N–H and O–H groups in total. The molecule has 0 radical (unpaired) electrons. The van der Waals surface area contributed by atoms with E-state index in [9.17, 15) is 18.5 Å². The van der Waals surface area contributed by atoms with E-state index in [1.54, 1.807) is 0 Å². The van der Waals surface area contributed by atoms with Crippen molar-refractivity contribution in [2.45, 2.75) is 29.7 Å². The van der Waals surface area contributed by atoms with Gasteiger partial charge in [0.15, 0.2) is 9.84 Å². The van der Waals surface area contributed by atoms with Gasteiger partial charge in [-0.3, -0.25) is 10.1 Å². The summed E-state index contributed by atoms with van der Waals surface area (Å²) in [6.07, 6.45) is 3.85. The molecule has 0 saturated heterocycles. The van der Waals surface area contributed by atoms with Gasteiger partial charge in [0, 0.05) is 24.4 Å². The molecule has 2 rings (SSSR count). The molecule has 0 aliphatic heterocycles. The Morgan fingerprint density at radius 2 is 2.10 bits per heavy atom. The Bertz CT molecular complexity index is 638. The third-order valence-electron chi connectivity index (χ3n) is 3.57. The first-order valence-corrected chi connectivity index (χ1v) is 8.12. The fraction of sp³-hybridized carbons (Fsp3) is 0.500. The van der Waals surface area contributed by atoms with Crippen LogP contribution in [0.15, 0.2) is 23.1 Å². The van der Waals surface area contributed by atoms with E-state index in [2.05, 4.69) is 5.32 Å². The van der Waals surface area contributed by atoms with Crippen LogP contribution in [-0.4, -0.2) is 31.7 Å². The first-order chi connectivity index (χ1) is 9.21. The van der Waals surface area contributed by atoms with E-state index in [4.69, 9.17) is 5.73 Å². The number of nitro groups is 1. The normalized spacial score (nSPS) is 17.3. The summed E-state index contributed by atoms with van der Waals surface area (Å²) in [6, 6.07) is 3.84. The topological polar surface area (TPSA) is 115 Å². The molecule has 0 bridgehead atoms. The predicted molar refractivity (Wildman–Crippen MR) is 75.5 cm³/mol. The Kier molecular flexibility index (Phi) is 3.70. The van der Waals surface area contributed by atoms with E-state index in [0.29, 0.717) is 12.2 Å². The molecule has 0 unspecified atom stereocenters. The molecular formula is C12H17N3O4S. The molecular weight excluding hydrogens is 282 g/mol. The Morgan fingerprint density at radius 3 is 2.55 bits per heavy atom. The second kappa shape index (κ2) is 5.02. The van der Waals surface area contributed by atoms with Crippen LogP contribution in [0.4, 0.5) is 11.4 Å². The summed E-state index contributed by atoms with van der Waals surface area (Å²) >= 11 is 0. The lowest BCUT2D eigenvalue weighted by Gasteiger charge is -2.38. The molecule has 1 aliphatic carbocycles. The SMILES string of the molecule is CS(=O)(=O)c1ccc(NCC2(N)CCC2)c([N+](=O)[O-])c1. The zero-order valence-electron chi connectivity index (χ0n) is 11.1. The van der Waals surface area contributed by atoms with E-state index >= 15 is 0 Å². The second-order valence-corrected chi connectivity index (χ2v) is 7.29. The minimum absolute atomic E-state index is 0.0687. The number of nitro benzene ring substituents is 1. The first kappa shape index (κ1) is 14.7. The Labute approximate surface area is 117 Å². The van der Waals surface area contributed by atoms with Crippen molar-refractivity contribution >= 4 is 21.2 Å². The van der Waals surface area contributed by atoms with Crippen molar-refractivity contribution in [3.05, 3.63) is 28.3 Å². The van der Waals surface area contributed by atoms with Gasteiger partial charge in [-0.1, -0.05) is 0 Å². The highest BCUT2D eigenvalue weighted by Gasteiger charge is 2.32. The van der Waals surface area contributed by atoms with E-state index in [1.165, 1.54) is 12.1 Å². The molecule has 0 amide bonds. The lowest BCUT2D eigenvalue weighted by atomic mass is 9.78. The number of hydrogen-bond acceptors (Lipinski definition) is 6. The summed E-state index contributed by atoms with van der Waals surface area (Å²) < 4.78 is 22.9. The van der Waals surface area contributed by atoms with Gasteiger partial charge >= 0.3 is 0 Å². The van der Waals surface area contributed by atoms with Crippen molar-refractivity contribution in [3.8, 4) is 0 Å². The van der Waals surface area contributed by atoms with Gasteiger partial charge in [0.25, 0.3) is 5.69 Å². The van der Waals surface area contributed by atoms with E-state index < -0.39 is 14.8 Å². The van der Waals surface area contributed by atoms with Crippen LogP contribution in [0.25, 0.3) is 0 Å². The summed E-state index contributed by atoms with van der Waals surface area (Å²) in [5.74, 6) is 0. The summed E-state index contributed by atoms with van der Waals surface area (Å²) in [6.45, 7) is 0.437. The molecule has 8 heteroatoms. The molecule has 1 saturated carbocycles. The summed E-state index contributed by atoms with van der Waals surface area (Å²) in [5.41, 5.74) is 5.77. The molecule has 7 nitrogen and oxygen atoms in total. The molecule has 1 fully saturated rings. The number of rotatable bonds is 5. The maximum absolute atomic E-state index is 11.4.